The number of amides is 1. The number of nitrogens with zero attached hydrogens (tertiary/aromatic N) is 3. The van der Waals surface area contributed by atoms with Crippen LogP contribution in [0.3, 0.4) is 0 Å². The molecule has 3 rings (SSSR count). The highest BCUT2D eigenvalue weighted by molar-refractivity contribution is 6.22. The molecule has 0 radical (unpaired) electrons. The molecule has 1 fully saturated rings. The summed E-state index contributed by atoms with van der Waals surface area (Å²) in [6, 6.07) is 4.85. The van der Waals surface area contributed by atoms with Gasteiger partial charge in [-0.25, -0.2) is 9.38 Å². The summed E-state index contributed by atoms with van der Waals surface area (Å²) in [6.07, 6.45) is 2.93. The lowest BCUT2D eigenvalue weighted by molar-refractivity contribution is -0.128. The third kappa shape index (κ3) is 5.34. The van der Waals surface area contributed by atoms with Crippen LogP contribution in [0.2, 0.25) is 0 Å². The maximum absolute atomic E-state index is 14.9. The molecule has 1 saturated heterocycles. The van der Waals surface area contributed by atoms with Crippen molar-refractivity contribution in [1.29, 1.82) is 0 Å². The van der Waals surface area contributed by atoms with Crippen molar-refractivity contribution < 1.29 is 13.9 Å². The van der Waals surface area contributed by atoms with Gasteiger partial charge in [0.25, 0.3) is 0 Å². The molecule has 0 unspecified atom stereocenters. The number of hydrogen-bond donors (Lipinski definition) is 3. The average molecular weight is 443 g/mol. The topological polar surface area (TPSA) is 118 Å². The van der Waals surface area contributed by atoms with Crippen LogP contribution in [0.25, 0.3) is 5.57 Å². The lowest BCUT2D eigenvalue weighted by atomic mass is 10.0. The molecule has 1 aromatic carbocycles. The largest absolute Gasteiger partial charge is 0.404 e. The Labute approximate surface area is 187 Å². The van der Waals surface area contributed by atoms with E-state index in [2.05, 4.69) is 15.3 Å². The fourth-order valence-electron chi connectivity index (χ4n) is 3.83. The van der Waals surface area contributed by atoms with E-state index in [1.54, 1.807) is 31.0 Å². The zero-order valence-corrected chi connectivity index (χ0v) is 18.8. The predicted octanol–water partition coefficient (Wildman–Crippen LogP) is 2.09. The van der Waals surface area contributed by atoms with Crippen LogP contribution in [-0.2, 0) is 9.53 Å². The number of halogens is 1. The first-order valence-corrected chi connectivity index (χ1v) is 10.7. The number of nitrogens with two attached hydrogens (primary N) is 2. The molecule has 8 nitrogen and oxygen atoms in total. The summed E-state index contributed by atoms with van der Waals surface area (Å²) in [4.78, 5) is 22.1. The predicted molar refractivity (Wildman–Crippen MR) is 125 cm³/mol. The number of benzene rings is 1. The molecule has 32 heavy (non-hydrogen) atoms. The molecule has 1 amide bonds. The second-order valence-corrected chi connectivity index (χ2v) is 7.91. The quantitative estimate of drug-likeness (QED) is 0.461. The van der Waals surface area contributed by atoms with Crippen molar-refractivity contribution in [3.05, 3.63) is 47.0 Å². The van der Waals surface area contributed by atoms with E-state index in [0.29, 0.717) is 55.1 Å². The van der Waals surface area contributed by atoms with E-state index < -0.39 is 5.82 Å². The molecule has 9 heteroatoms. The Kier molecular flexibility index (Phi) is 7.63. The van der Waals surface area contributed by atoms with Crippen molar-refractivity contribution >= 4 is 28.7 Å². The third-order valence-corrected chi connectivity index (χ3v) is 5.80. The molecular weight excluding hydrogens is 411 g/mol. The maximum Gasteiger partial charge on any atom is 0.219 e. The second-order valence-electron chi connectivity index (χ2n) is 7.91. The van der Waals surface area contributed by atoms with Crippen molar-refractivity contribution in [3.63, 3.8) is 0 Å². The van der Waals surface area contributed by atoms with E-state index in [9.17, 15) is 9.18 Å². The number of allylic oxidation sites excluding steroid dienone is 1. The molecule has 0 spiro atoms. The molecule has 2 aliphatic rings. The van der Waals surface area contributed by atoms with E-state index in [1.165, 1.54) is 19.2 Å². The standard InChI is InChI=1S/C23H31FN6O2/c1-14(27-3)18(11-25)16-4-5-22(20(24)10-16)29-23(26)19-12-30(15(2)31)8-6-21(19)28-17-7-9-32-13-17/h4-5,10-11,17,28H,6-9,12-13,25H2,1-3H3,(H2,26,29)/t17-/m1/s1. The van der Waals surface area contributed by atoms with Crippen LogP contribution in [0.15, 0.2) is 45.7 Å². The van der Waals surface area contributed by atoms with Crippen molar-refractivity contribution in [2.75, 3.05) is 33.4 Å². The first-order chi connectivity index (χ1) is 15.3. The van der Waals surface area contributed by atoms with Gasteiger partial charge in [-0.15, -0.1) is 0 Å². The van der Waals surface area contributed by atoms with Gasteiger partial charge in [0.1, 0.15) is 17.3 Å². The highest BCUT2D eigenvalue weighted by atomic mass is 19.1. The summed E-state index contributed by atoms with van der Waals surface area (Å²) in [6.45, 7) is 5.59. The fraction of sp³-hybridized carbons (Fsp3) is 0.435. The number of hydrogen-bond acceptors (Lipinski definition) is 6. The van der Waals surface area contributed by atoms with Gasteiger partial charge in [-0.05, 0) is 31.0 Å². The highest BCUT2D eigenvalue weighted by Gasteiger charge is 2.26. The van der Waals surface area contributed by atoms with E-state index in [1.807, 2.05) is 0 Å². The van der Waals surface area contributed by atoms with Gasteiger partial charge in [-0.3, -0.25) is 9.79 Å². The molecule has 0 aliphatic carbocycles. The van der Waals surface area contributed by atoms with Gasteiger partial charge in [-0.2, -0.15) is 0 Å². The normalized spacial score (nSPS) is 20.7. The van der Waals surface area contributed by atoms with Crippen LogP contribution < -0.4 is 16.8 Å². The molecule has 0 saturated carbocycles. The van der Waals surface area contributed by atoms with E-state index >= 15 is 0 Å². The van der Waals surface area contributed by atoms with Crippen LogP contribution >= 0.6 is 0 Å². The van der Waals surface area contributed by atoms with Crippen LogP contribution in [0.4, 0.5) is 10.1 Å². The number of rotatable bonds is 6. The number of ether oxygens (including phenoxy) is 1. The molecule has 2 aliphatic heterocycles. The van der Waals surface area contributed by atoms with Gasteiger partial charge >= 0.3 is 0 Å². The lowest BCUT2D eigenvalue weighted by Gasteiger charge is -2.31. The Hall–Kier alpha value is -3.20. The highest BCUT2D eigenvalue weighted by Crippen LogP contribution is 2.26. The minimum atomic E-state index is -0.521. The monoisotopic (exact) mass is 442 g/mol. The summed E-state index contributed by atoms with van der Waals surface area (Å²) < 4.78 is 20.3. The summed E-state index contributed by atoms with van der Waals surface area (Å²) in [5, 5.41) is 3.49. The van der Waals surface area contributed by atoms with Crippen molar-refractivity contribution in [3.8, 4) is 0 Å². The average Bonchev–Trinajstić information content (AvgIpc) is 3.29. The zero-order valence-electron chi connectivity index (χ0n) is 18.8. The molecule has 0 aromatic heterocycles. The number of aliphatic imine (C=N–C) groups is 2. The Morgan fingerprint density at radius 1 is 1.38 bits per heavy atom. The first-order valence-electron chi connectivity index (χ1n) is 10.7. The van der Waals surface area contributed by atoms with E-state index in [0.717, 1.165) is 12.1 Å². The summed E-state index contributed by atoms with van der Waals surface area (Å²) in [5.41, 5.74) is 15.7. The van der Waals surface area contributed by atoms with Crippen LogP contribution in [0, 0.1) is 5.82 Å². The third-order valence-electron chi connectivity index (χ3n) is 5.80. The lowest BCUT2D eigenvalue weighted by Crippen LogP contribution is -2.43. The van der Waals surface area contributed by atoms with Crippen molar-refractivity contribution in [1.82, 2.24) is 10.2 Å². The van der Waals surface area contributed by atoms with Crippen LogP contribution in [0.1, 0.15) is 32.3 Å². The number of carbonyl (C=O) groups excluding carboxylic acids is 1. The number of nitrogens with one attached hydrogen (secondary N) is 1. The SMILES string of the molecule is CN=C(C)C(=CN)c1ccc(N=C(N)C2=C(N[C@@H]3CCOC3)CCN(C(C)=O)C2)c(F)c1. The van der Waals surface area contributed by atoms with Crippen LogP contribution in [-0.4, -0.2) is 61.7 Å². The number of carbonyl (C=O) groups is 1. The van der Waals surface area contributed by atoms with Gasteiger partial charge in [0.05, 0.1) is 19.2 Å². The van der Waals surface area contributed by atoms with Gasteiger partial charge in [0.15, 0.2) is 0 Å². The second kappa shape index (κ2) is 10.4. The fourth-order valence-corrected chi connectivity index (χ4v) is 3.83. The molecular formula is C23H31FN6O2. The van der Waals surface area contributed by atoms with Crippen molar-refractivity contribution in [2.24, 2.45) is 21.5 Å². The molecule has 2 heterocycles. The molecule has 0 bridgehead atoms. The molecule has 5 N–H and O–H groups in total. The van der Waals surface area contributed by atoms with Gasteiger partial charge < -0.3 is 26.4 Å². The van der Waals surface area contributed by atoms with E-state index in [-0.39, 0.29) is 23.5 Å². The zero-order chi connectivity index (χ0) is 23.3. The van der Waals surface area contributed by atoms with Gasteiger partial charge in [-0.1, -0.05) is 6.07 Å². The number of amidine groups is 1. The minimum absolute atomic E-state index is 0.0388. The maximum atomic E-state index is 14.9. The minimum Gasteiger partial charge on any atom is -0.404 e. The Morgan fingerprint density at radius 2 is 2.16 bits per heavy atom. The summed E-state index contributed by atoms with van der Waals surface area (Å²) in [7, 11) is 1.65. The summed E-state index contributed by atoms with van der Waals surface area (Å²) in [5.74, 6) is -0.375. The van der Waals surface area contributed by atoms with Gasteiger partial charge in [0.2, 0.25) is 5.91 Å². The smallest absolute Gasteiger partial charge is 0.219 e. The Balaban J connectivity index is 1.92. The van der Waals surface area contributed by atoms with Crippen LogP contribution in [0.5, 0.6) is 0 Å². The Morgan fingerprint density at radius 3 is 2.75 bits per heavy atom. The van der Waals surface area contributed by atoms with Gasteiger partial charge in [0, 0.05) is 62.3 Å². The van der Waals surface area contributed by atoms with Crippen molar-refractivity contribution in [2.45, 2.75) is 32.7 Å². The molecule has 1 atom stereocenters. The first kappa shape index (κ1) is 23.5. The van der Waals surface area contributed by atoms with E-state index in [4.69, 9.17) is 16.2 Å². The Bertz CT molecular complexity index is 992. The molecule has 1 aromatic rings. The summed E-state index contributed by atoms with van der Waals surface area (Å²) >= 11 is 0. The molecule has 172 valence electrons.